The van der Waals surface area contributed by atoms with Crippen molar-refractivity contribution in [2.24, 2.45) is 5.92 Å². The van der Waals surface area contributed by atoms with Gasteiger partial charge in [0.1, 0.15) is 11.0 Å². The van der Waals surface area contributed by atoms with E-state index in [-0.39, 0.29) is 0 Å². The second-order valence-corrected chi connectivity index (χ2v) is 6.61. The molecule has 0 saturated heterocycles. The Morgan fingerprint density at radius 1 is 1.00 bits per heavy atom. The van der Waals surface area contributed by atoms with Gasteiger partial charge in [0.05, 0.1) is 15.5 Å². The van der Waals surface area contributed by atoms with Crippen molar-refractivity contribution in [2.45, 2.75) is 20.4 Å². The molecule has 0 unspecified atom stereocenters. The van der Waals surface area contributed by atoms with Gasteiger partial charge in [-0.15, -0.1) is 0 Å². The van der Waals surface area contributed by atoms with Crippen LogP contribution in [0.25, 0.3) is 21.8 Å². The van der Waals surface area contributed by atoms with Crippen molar-refractivity contribution in [1.82, 2.24) is 15.0 Å². The van der Waals surface area contributed by atoms with Crippen molar-refractivity contribution < 1.29 is 0 Å². The summed E-state index contributed by atoms with van der Waals surface area (Å²) in [6.07, 6.45) is 0. The van der Waals surface area contributed by atoms with Crippen LogP contribution >= 0.6 is 31.9 Å². The lowest BCUT2D eigenvalue weighted by Gasteiger charge is -2.03. The fourth-order valence-electron chi connectivity index (χ4n) is 2.17. The van der Waals surface area contributed by atoms with Gasteiger partial charge in [0.2, 0.25) is 0 Å². The van der Waals surface area contributed by atoms with Crippen LogP contribution in [-0.4, -0.2) is 15.0 Å². The highest BCUT2D eigenvalue weighted by Gasteiger charge is 2.15. The molecule has 5 heteroatoms. The molecule has 1 aromatic heterocycles. The van der Waals surface area contributed by atoms with Gasteiger partial charge in [-0.3, -0.25) is 0 Å². The molecular formula is C14H13Br2N3. The average molecular weight is 383 g/mol. The van der Waals surface area contributed by atoms with Gasteiger partial charge in [0.25, 0.3) is 0 Å². The van der Waals surface area contributed by atoms with E-state index in [2.05, 4.69) is 68.0 Å². The van der Waals surface area contributed by atoms with Gasteiger partial charge in [-0.25, -0.2) is 0 Å². The predicted octanol–water partition coefficient (Wildman–Crippen LogP) is 4.77. The van der Waals surface area contributed by atoms with Crippen LogP contribution < -0.4 is 0 Å². The van der Waals surface area contributed by atoms with Gasteiger partial charge in [0, 0.05) is 0 Å². The van der Waals surface area contributed by atoms with Gasteiger partial charge >= 0.3 is 0 Å². The number of fused-ring (bicyclic) bond motifs is 2. The Labute approximate surface area is 128 Å². The van der Waals surface area contributed by atoms with E-state index in [1.807, 2.05) is 12.1 Å². The molecule has 3 rings (SSSR count). The van der Waals surface area contributed by atoms with E-state index in [0.717, 1.165) is 37.3 Å². The fourth-order valence-corrected chi connectivity index (χ4v) is 3.40. The summed E-state index contributed by atoms with van der Waals surface area (Å²) in [5.74, 6) is 0.522. The summed E-state index contributed by atoms with van der Waals surface area (Å²) in [5.41, 5.74) is 1.82. The van der Waals surface area contributed by atoms with E-state index in [1.165, 1.54) is 0 Å². The molecule has 2 aromatic carbocycles. The SMILES string of the molecule is CC(C)Cn1nc2c(Br)c3ccccc3c(Br)c2n1. The minimum Gasteiger partial charge on any atom is -0.183 e. The molecule has 19 heavy (non-hydrogen) atoms. The first-order chi connectivity index (χ1) is 9.08. The van der Waals surface area contributed by atoms with Crippen LogP contribution in [0.1, 0.15) is 13.8 Å². The summed E-state index contributed by atoms with van der Waals surface area (Å²) >= 11 is 7.32. The molecule has 0 amide bonds. The van der Waals surface area contributed by atoms with Crippen molar-refractivity contribution >= 4 is 53.7 Å². The second kappa shape index (κ2) is 4.87. The van der Waals surface area contributed by atoms with Crippen LogP contribution in [0.3, 0.4) is 0 Å². The highest BCUT2D eigenvalue weighted by atomic mass is 79.9. The van der Waals surface area contributed by atoms with E-state index in [0.29, 0.717) is 5.92 Å². The molecule has 0 aliphatic rings. The quantitative estimate of drug-likeness (QED) is 0.639. The highest BCUT2D eigenvalue weighted by molar-refractivity contribution is 9.11. The molecule has 0 atom stereocenters. The Hall–Kier alpha value is -0.940. The number of halogens is 2. The second-order valence-electron chi connectivity index (χ2n) is 5.02. The van der Waals surface area contributed by atoms with Crippen molar-refractivity contribution in [2.75, 3.05) is 0 Å². The largest absolute Gasteiger partial charge is 0.183 e. The minimum absolute atomic E-state index is 0.522. The van der Waals surface area contributed by atoms with E-state index >= 15 is 0 Å². The molecule has 3 nitrogen and oxygen atoms in total. The highest BCUT2D eigenvalue weighted by Crippen LogP contribution is 2.37. The minimum atomic E-state index is 0.522. The molecule has 3 aromatic rings. The van der Waals surface area contributed by atoms with Crippen molar-refractivity contribution in [3.63, 3.8) is 0 Å². The summed E-state index contributed by atoms with van der Waals surface area (Å²) in [6, 6.07) is 8.24. The molecule has 0 fully saturated rings. The number of nitrogens with zero attached hydrogens (tertiary/aromatic N) is 3. The standard InChI is InChI=1S/C14H13Br2N3/c1-8(2)7-19-17-13-11(15)9-5-3-4-6-10(9)12(16)14(13)18-19/h3-6,8H,7H2,1-2H3. The molecule has 0 spiro atoms. The zero-order chi connectivity index (χ0) is 13.6. The lowest BCUT2D eigenvalue weighted by atomic mass is 10.1. The summed E-state index contributed by atoms with van der Waals surface area (Å²) in [7, 11) is 0. The monoisotopic (exact) mass is 381 g/mol. The van der Waals surface area contributed by atoms with Gasteiger partial charge in [-0.05, 0) is 48.6 Å². The number of benzene rings is 2. The van der Waals surface area contributed by atoms with Crippen LogP contribution in [0, 0.1) is 5.92 Å². The topological polar surface area (TPSA) is 30.7 Å². The third-order valence-electron chi connectivity index (χ3n) is 3.00. The zero-order valence-corrected chi connectivity index (χ0v) is 13.9. The number of hydrogen-bond donors (Lipinski definition) is 0. The van der Waals surface area contributed by atoms with E-state index < -0.39 is 0 Å². The first-order valence-corrected chi connectivity index (χ1v) is 7.77. The van der Waals surface area contributed by atoms with Gasteiger partial charge < -0.3 is 0 Å². The Morgan fingerprint density at radius 3 is 1.89 bits per heavy atom. The third-order valence-corrected chi connectivity index (χ3v) is 4.60. The Morgan fingerprint density at radius 2 is 1.47 bits per heavy atom. The summed E-state index contributed by atoms with van der Waals surface area (Å²) < 4.78 is 2.02. The lowest BCUT2D eigenvalue weighted by molar-refractivity contribution is 0.442. The van der Waals surface area contributed by atoms with Crippen LogP contribution in [0.2, 0.25) is 0 Å². The van der Waals surface area contributed by atoms with Crippen molar-refractivity contribution in [3.8, 4) is 0 Å². The van der Waals surface area contributed by atoms with Crippen molar-refractivity contribution in [1.29, 1.82) is 0 Å². The molecule has 0 N–H and O–H groups in total. The number of hydrogen-bond acceptors (Lipinski definition) is 2. The van der Waals surface area contributed by atoms with Crippen LogP contribution in [0.5, 0.6) is 0 Å². The molecule has 0 aliphatic carbocycles. The van der Waals surface area contributed by atoms with Crippen LogP contribution in [-0.2, 0) is 6.54 Å². The molecule has 0 saturated carbocycles. The average Bonchev–Trinajstić information content (AvgIpc) is 2.79. The summed E-state index contributed by atoms with van der Waals surface area (Å²) in [6.45, 7) is 5.15. The molecular weight excluding hydrogens is 370 g/mol. The molecule has 0 bridgehead atoms. The third kappa shape index (κ3) is 2.19. The fraction of sp³-hybridized carbons (Fsp3) is 0.286. The maximum Gasteiger partial charge on any atom is 0.129 e. The van der Waals surface area contributed by atoms with Crippen molar-refractivity contribution in [3.05, 3.63) is 33.2 Å². The van der Waals surface area contributed by atoms with Crippen LogP contribution in [0.15, 0.2) is 33.2 Å². The maximum atomic E-state index is 4.59. The first-order valence-electron chi connectivity index (χ1n) is 6.18. The van der Waals surface area contributed by atoms with Gasteiger partial charge in [0.15, 0.2) is 0 Å². The smallest absolute Gasteiger partial charge is 0.129 e. The number of rotatable bonds is 2. The zero-order valence-electron chi connectivity index (χ0n) is 10.7. The molecule has 0 aliphatic heterocycles. The predicted molar refractivity (Wildman–Crippen MR) is 85.3 cm³/mol. The van der Waals surface area contributed by atoms with Gasteiger partial charge in [-0.2, -0.15) is 15.0 Å². The summed E-state index contributed by atoms with van der Waals surface area (Å²) in [4.78, 5) is 1.78. The summed E-state index contributed by atoms with van der Waals surface area (Å²) in [5, 5.41) is 11.5. The Kier molecular flexibility index (Phi) is 3.35. The van der Waals surface area contributed by atoms with Gasteiger partial charge in [-0.1, -0.05) is 38.1 Å². The first kappa shape index (κ1) is 13.1. The normalized spacial score (nSPS) is 11.8. The van der Waals surface area contributed by atoms with Crippen LogP contribution in [0.4, 0.5) is 0 Å². The molecule has 98 valence electrons. The van der Waals surface area contributed by atoms with E-state index in [1.54, 1.807) is 4.80 Å². The number of aromatic nitrogens is 3. The Bertz CT molecular complexity index is 704. The Balaban J connectivity index is 2.35. The lowest BCUT2D eigenvalue weighted by Crippen LogP contribution is -2.07. The van der Waals surface area contributed by atoms with E-state index in [9.17, 15) is 0 Å². The molecule has 0 radical (unpaired) electrons. The maximum absolute atomic E-state index is 4.59. The molecule has 1 heterocycles. The van der Waals surface area contributed by atoms with E-state index in [4.69, 9.17) is 0 Å².